The molecule has 9 heteroatoms. The second-order valence-corrected chi connectivity index (χ2v) is 8.98. The van der Waals surface area contributed by atoms with Gasteiger partial charge in [-0.05, 0) is 40.0 Å². The molecule has 2 aromatic heterocycles. The molecular weight excluding hydrogens is 386 g/mol. The lowest BCUT2D eigenvalue weighted by Crippen LogP contribution is -2.47. The van der Waals surface area contributed by atoms with Crippen molar-refractivity contribution in [2.75, 3.05) is 31.6 Å². The van der Waals surface area contributed by atoms with Crippen LogP contribution in [0.5, 0.6) is 0 Å². The molecule has 2 atom stereocenters. The van der Waals surface area contributed by atoms with E-state index in [0.29, 0.717) is 48.7 Å². The van der Waals surface area contributed by atoms with Crippen molar-refractivity contribution in [3.05, 3.63) is 18.1 Å². The molecule has 0 spiro atoms. The largest absolute Gasteiger partial charge is 0.444 e. The maximum atomic E-state index is 13.0. The van der Waals surface area contributed by atoms with Crippen molar-refractivity contribution >= 4 is 28.7 Å². The molecule has 0 radical (unpaired) electrons. The molecule has 2 aromatic rings. The molecule has 162 valence electrons. The van der Waals surface area contributed by atoms with Gasteiger partial charge in [-0.1, -0.05) is 0 Å². The number of anilines is 1. The maximum absolute atomic E-state index is 13.0. The number of nitrogens with one attached hydrogen (secondary N) is 2. The number of H-pyrrole nitrogens is 1. The van der Waals surface area contributed by atoms with Gasteiger partial charge in [-0.2, -0.15) is 0 Å². The van der Waals surface area contributed by atoms with Crippen LogP contribution >= 0.6 is 0 Å². The number of aromatic nitrogens is 3. The number of ketones is 1. The van der Waals surface area contributed by atoms with Crippen molar-refractivity contribution in [3.8, 4) is 0 Å². The quantitative estimate of drug-likeness (QED) is 0.739. The molecule has 4 heterocycles. The van der Waals surface area contributed by atoms with Crippen LogP contribution in [0.4, 0.5) is 10.6 Å². The molecule has 2 unspecified atom stereocenters. The van der Waals surface area contributed by atoms with E-state index in [-0.39, 0.29) is 23.8 Å². The number of aromatic amines is 1. The predicted octanol–water partition coefficient (Wildman–Crippen LogP) is 2.99. The Labute approximate surface area is 175 Å². The molecule has 0 bridgehead atoms. The van der Waals surface area contributed by atoms with E-state index >= 15 is 0 Å². The number of fused-ring (bicyclic) bond motifs is 1. The number of nitrogens with zero attached hydrogens (tertiary/aromatic N) is 3. The van der Waals surface area contributed by atoms with E-state index < -0.39 is 5.60 Å². The van der Waals surface area contributed by atoms with Gasteiger partial charge >= 0.3 is 6.09 Å². The smallest absolute Gasteiger partial charge is 0.410 e. The number of likely N-dealkylation sites (tertiary alicyclic amines) is 1. The van der Waals surface area contributed by atoms with E-state index in [9.17, 15) is 9.59 Å². The second-order valence-electron chi connectivity index (χ2n) is 8.98. The van der Waals surface area contributed by atoms with Gasteiger partial charge in [0.05, 0.1) is 12.0 Å². The molecule has 30 heavy (non-hydrogen) atoms. The summed E-state index contributed by atoms with van der Waals surface area (Å²) in [5, 5.41) is 4.14. The molecule has 1 amide bonds. The van der Waals surface area contributed by atoms with E-state index in [0.717, 1.165) is 19.3 Å². The Morgan fingerprint density at radius 2 is 2.13 bits per heavy atom. The molecular formula is C21H29N5O4. The number of hydrogen-bond acceptors (Lipinski definition) is 7. The number of ether oxygens (including phenoxy) is 2. The number of piperidine rings is 1. The number of carbonyl (C=O) groups is 2. The summed E-state index contributed by atoms with van der Waals surface area (Å²) in [5.74, 6) is 0.532. The fraction of sp³-hybridized carbons (Fsp3) is 0.619. The third-order valence-corrected chi connectivity index (χ3v) is 5.45. The van der Waals surface area contributed by atoms with Crippen molar-refractivity contribution in [3.63, 3.8) is 0 Å². The third-order valence-electron chi connectivity index (χ3n) is 5.45. The van der Waals surface area contributed by atoms with Gasteiger partial charge in [-0.15, -0.1) is 0 Å². The summed E-state index contributed by atoms with van der Waals surface area (Å²) in [6, 6.07) is 0.0111. The standard InChI is InChI=1S/C21H29N5O4/c1-21(2,3)30-20(28)26-7-4-5-14(10-26)25-19-16-15(9-22-18(16)23-12-24-19)17(27)13-6-8-29-11-13/h9,12-14H,4-8,10-11H2,1-3H3,(H2,22,23,24,25). The number of carbonyl (C=O) groups excluding carboxylic acids is 2. The van der Waals surface area contributed by atoms with Crippen LogP contribution < -0.4 is 5.32 Å². The van der Waals surface area contributed by atoms with Crippen LogP contribution in [-0.2, 0) is 9.47 Å². The van der Waals surface area contributed by atoms with E-state index in [1.807, 2.05) is 20.8 Å². The lowest BCUT2D eigenvalue weighted by molar-refractivity contribution is 0.0206. The highest BCUT2D eigenvalue weighted by molar-refractivity contribution is 6.11. The lowest BCUT2D eigenvalue weighted by Gasteiger charge is -2.34. The summed E-state index contributed by atoms with van der Waals surface area (Å²) in [7, 11) is 0. The first-order chi connectivity index (χ1) is 14.3. The molecule has 2 aliphatic heterocycles. The molecule has 2 N–H and O–H groups in total. The highest BCUT2D eigenvalue weighted by Gasteiger charge is 2.30. The number of amides is 1. The van der Waals surface area contributed by atoms with Gasteiger partial charge in [-0.25, -0.2) is 14.8 Å². The SMILES string of the molecule is CC(C)(C)OC(=O)N1CCCC(Nc2ncnc3[nH]cc(C(=O)C4CCOC4)c23)C1. The zero-order valence-corrected chi connectivity index (χ0v) is 17.7. The van der Waals surface area contributed by atoms with Gasteiger partial charge in [0.15, 0.2) is 5.78 Å². The van der Waals surface area contributed by atoms with E-state index in [2.05, 4.69) is 20.3 Å². The molecule has 2 saturated heterocycles. The van der Waals surface area contributed by atoms with Gasteiger partial charge in [0.1, 0.15) is 23.4 Å². The Kier molecular flexibility index (Phi) is 5.64. The summed E-state index contributed by atoms with van der Waals surface area (Å²) >= 11 is 0. The Morgan fingerprint density at radius 1 is 1.30 bits per heavy atom. The second kappa shape index (κ2) is 8.22. The van der Waals surface area contributed by atoms with E-state index in [4.69, 9.17) is 9.47 Å². The van der Waals surface area contributed by atoms with Crippen molar-refractivity contribution in [1.29, 1.82) is 0 Å². The molecule has 4 rings (SSSR count). The summed E-state index contributed by atoms with van der Waals surface area (Å²) in [6.07, 6.45) is 5.37. The Bertz CT molecular complexity index is 929. The molecule has 9 nitrogen and oxygen atoms in total. The zero-order valence-electron chi connectivity index (χ0n) is 17.7. The van der Waals surface area contributed by atoms with Crippen molar-refractivity contribution in [2.24, 2.45) is 5.92 Å². The van der Waals surface area contributed by atoms with Crippen molar-refractivity contribution in [2.45, 2.75) is 51.7 Å². The van der Waals surface area contributed by atoms with Gasteiger partial charge in [0, 0.05) is 43.4 Å². The lowest BCUT2D eigenvalue weighted by atomic mass is 9.97. The maximum Gasteiger partial charge on any atom is 0.410 e. The highest BCUT2D eigenvalue weighted by atomic mass is 16.6. The monoisotopic (exact) mass is 415 g/mol. The van der Waals surface area contributed by atoms with Gasteiger partial charge in [0.25, 0.3) is 0 Å². The van der Waals surface area contributed by atoms with Crippen LogP contribution in [0.2, 0.25) is 0 Å². The van der Waals surface area contributed by atoms with Crippen LogP contribution in [0.3, 0.4) is 0 Å². The van der Waals surface area contributed by atoms with Gasteiger partial charge in [0.2, 0.25) is 0 Å². The first-order valence-corrected chi connectivity index (χ1v) is 10.5. The molecule has 2 fully saturated rings. The zero-order chi connectivity index (χ0) is 21.3. The van der Waals surface area contributed by atoms with Gasteiger partial charge in [-0.3, -0.25) is 4.79 Å². The number of hydrogen-bond donors (Lipinski definition) is 2. The van der Waals surface area contributed by atoms with Crippen LogP contribution in [-0.4, -0.2) is 69.7 Å². The van der Waals surface area contributed by atoms with Crippen LogP contribution in [0.15, 0.2) is 12.5 Å². The average molecular weight is 415 g/mol. The minimum atomic E-state index is -0.527. The van der Waals surface area contributed by atoms with Crippen molar-refractivity contribution in [1.82, 2.24) is 19.9 Å². The molecule has 0 aromatic carbocycles. The number of Topliss-reactive ketones (excluding diaryl/α,β-unsaturated/α-hetero) is 1. The Balaban J connectivity index is 1.53. The summed E-state index contributed by atoms with van der Waals surface area (Å²) in [4.78, 5) is 38.9. The van der Waals surface area contributed by atoms with Crippen molar-refractivity contribution < 1.29 is 19.1 Å². The van der Waals surface area contributed by atoms with Crippen LogP contribution in [0.25, 0.3) is 11.0 Å². The van der Waals surface area contributed by atoms with E-state index in [1.165, 1.54) is 6.33 Å². The van der Waals surface area contributed by atoms with Gasteiger partial charge < -0.3 is 24.7 Å². The minimum Gasteiger partial charge on any atom is -0.444 e. The Morgan fingerprint density at radius 3 is 2.87 bits per heavy atom. The summed E-state index contributed by atoms with van der Waals surface area (Å²) < 4.78 is 10.9. The fourth-order valence-corrected chi connectivity index (χ4v) is 4.01. The highest BCUT2D eigenvalue weighted by Crippen LogP contribution is 2.29. The summed E-state index contributed by atoms with van der Waals surface area (Å²) in [6.45, 7) is 7.84. The number of rotatable bonds is 4. The molecule has 0 aliphatic carbocycles. The van der Waals surface area contributed by atoms with Crippen LogP contribution in [0.1, 0.15) is 50.4 Å². The molecule has 0 saturated carbocycles. The first kappa shape index (κ1) is 20.6. The third kappa shape index (κ3) is 4.40. The Hall–Kier alpha value is -2.68. The summed E-state index contributed by atoms with van der Waals surface area (Å²) in [5.41, 5.74) is 0.679. The topological polar surface area (TPSA) is 109 Å². The fourth-order valence-electron chi connectivity index (χ4n) is 4.01. The molecule has 2 aliphatic rings. The first-order valence-electron chi connectivity index (χ1n) is 10.5. The predicted molar refractivity (Wildman–Crippen MR) is 112 cm³/mol. The van der Waals surface area contributed by atoms with Crippen LogP contribution in [0, 0.1) is 5.92 Å². The minimum absolute atomic E-state index is 0.0111. The normalized spacial score (nSPS) is 22.3. The average Bonchev–Trinajstić information content (AvgIpc) is 3.37. The van der Waals surface area contributed by atoms with E-state index in [1.54, 1.807) is 11.1 Å².